The molecule has 164 valence electrons. The zero-order valence-corrected chi connectivity index (χ0v) is 17.0. The molecule has 0 aliphatic carbocycles. The number of pyridine rings is 1. The predicted molar refractivity (Wildman–Crippen MR) is 105 cm³/mol. The Kier molecular flexibility index (Phi) is 8.72. The van der Waals surface area contributed by atoms with Crippen LogP contribution in [0.25, 0.3) is 0 Å². The molecular formula is C19H22F3N3O4S. The Labute approximate surface area is 175 Å². The molecule has 2 aromatic rings. The number of carbonyl (C=O) groups is 2. The van der Waals surface area contributed by atoms with E-state index in [2.05, 4.69) is 21.8 Å². The number of halogens is 3. The van der Waals surface area contributed by atoms with E-state index in [-0.39, 0.29) is 12.0 Å². The van der Waals surface area contributed by atoms with Crippen molar-refractivity contribution in [3.05, 3.63) is 54.1 Å². The first-order valence-corrected chi connectivity index (χ1v) is 10.3. The Bertz CT molecular complexity index is 830. The van der Waals surface area contributed by atoms with Gasteiger partial charge in [0.2, 0.25) is 5.91 Å². The summed E-state index contributed by atoms with van der Waals surface area (Å²) in [4.78, 5) is 27.4. The SMILES string of the molecule is CSCC(=O)N1Cc2cccn2CC(OCc2ccccn2)C1.O=C(O)C(F)(F)F. The summed E-state index contributed by atoms with van der Waals surface area (Å²) in [6.07, 6.45) is 0.656. The van der Waals surface area contributed by atoms with Crippen LogP contribution in [0.15, 0.2) is 42.7 Å². The van der Waals surface area contributed by atoms with Gasteiger partial charge < -0.3 is 19.3 Å². The average Bonchev–Trinajstić information content (AvgIpc) is 3.05. The summed E-state index contributed by atoms with van der Waals surface area (Å²) >= 11 is 1.56. The van der Waals surface area contributed by atoms with E-state index in [4.69, 9.17) is 14.6 Å². The first-order valence-electron chi connectivity index (χ1n) is 8.93. The van der Waals surface area contributed by atoms with Crippen LogP contribution < -0.4 is 0 Å². The highest BCUT2D eigenvalue weighted by molar-refractivity contribution is 7.99. The number of amides is 1. The van der Waals surface area contributed by atoms with E-state index in [0.717, 1.165) is 17.9 Å². The Morgan fingerprint density at radius 3 is 2.60 bits per heavy atom. The summed E-state index contributed by atoms with van der Waals surface area (Å²) in [5.74, 6) is -2.08. The lowest BCUT2D eigenvalue weighted by Crippen LogP contribution is -2.38. The number of nitrogens with zero attached hydrogens (tertiary/aromatic N) is 3. The van der Waals surface area contributed by atoms with Crippen molar-refractivity contribution in [2.45, 2.75) is 32.0 Å². The molecule has 1 atom stereocenters. The molecule has 1 N–H and O–H groups in total. The molecule has 0 radical (unpaired) electrons. The molecule has 0 saturated carbocycles. The van der Waals surface area contributed by atoms with Crippen molar-refractivity contribution in [1.82, 2.24) is 14.5 Å². The number of aliphatic carboxylic acids is 1. The third kappa shape index (κ3) is 7.38. The van der Waals surface area contributed by atoms with Crippen molar-refractivity contribution < 1.29 is 32.6 Å². The number of ether oxygens (including phenoxy) is 1. The Morgan fingerprint density at radius 1 is 1.27 bits per heavy atom. The van der Waals surface area contributed by atoms with Gasteiger partial charge in [-0.3, -0.25) is 9.78 Å². The van der Waals surface area contributed by atoms with E-state index in [1.807, 2.05) is 35.4 Å². The molecular weight excluding hydrogens is 423 g/mol. The Balaban J connectivity index is 0.000000396. The number of alkyl halides is 3. The van der Waals surface area contributed by atoms with E-state index in [1.165, 1.54) is 0 Å². The third-order valence-corrected chi connectivity index (χ3v) is 4.69. The maximum absolute atomic E-state index is 12.3. The molecule has 0 aromatic carbocycles. The van der Waals surface area contributed by atoms with Crippen LogP contribution in [0.2, 0.25) is 0 Å². The van der Waals surface area contributed by atoms with Crippen LogP contribution in [0.1, 0.15) is 11.4 Å². The second-order valence-corrected chi connectivity index (χ2v) is 7.28. The van der Waals surface area contributed by atoms with Gasteiger partial charge in [-0.05, 0) is 30.5 Å². The molecule has 0 saturated heterocycles. The predicted octanol–water partition coefficient (Wildman–Crippen LogP) is 2.81. The highest BCUT2D eigenvalue weighted by atomic mass is 32.2. The monoisotopic (exact) mass is 445 g/mol. The van der Waals surface area contributed by atoms with E-state index in [0.29, 0.717) is 25.4 Å². The van der Waals surface area contributed by atoms with Crippen molar-refractivity contribution in [3.8, 4) is 0 Å². The van der Waals surface area contributed by atoms with Crippen molar-refractivity contribution in [1.29, 1.82) is 0 Å². The largest absolute Gasteiger partial charge is 0.490 e. The van der Waals surface area contributed by atoms with Crippen LogP contribution in [0.3, 0.4) is 0 Å². The van der Waals surface area contributed by atoms with Gasteiger partial charge in [0.25, 0.3) is 0 Å². The van der Waals surface area contributed by atoms with Crippen LogP contribution in [-0.2, 0) is 34.0 Å². The smallest absolute Gasteiger partial charge is 0.475 e. The van der Waals surface area contributed by atoms with E-state index in [9.17, 15) is 18.0 Å². The van der Waals surface area contributed by atoms with Crippen molar-refractivity contribution in [2.24, 2.45) is 0 Å². The fourth-order valence-corrected chi connectivity index (χ4v) is 3.18. The number of aromatic nitrogens is 2. The number of hydrogen-bond acceptors (Lipinski definition) is 5. The first kappa shape index (κ1) is 23.7. The Morgan fingerprint density at radius 2 is 2.00 bits per heavy atom. The molecule has 0 bridgehead atoms. The Hall–Kier alpha value is -2.53. The van der Waals surface area contributed by atoms with Gasteiger partial charge >= 0.3 is 12.1 Å². The van der Waals surface area contributed by atoms with Crippen molar-refractivity contribution in [2.75, 3.05) is 18.6 Å². The van der Waals surface area contributed by atoms with Gasteiger partial charge in [0.05, 0.1) is 37.2 Å². The minimum atomic E-state index is -5.08. The van der Waals surface area contributed by atoms with E-state index in [1.54, 1.807) is 18.0 Å². The molecule has 1 aliphatic heterocycles. The van der Waals surface area contributed by atoms with Gasteiger partial charge in [-0.25, -0.2) is 4.79 Å². The van der Waals surface area contributed by atoms with Gasteiger partial charge in [0.15, 0.2) is 0 Å². The summed E-state index contributed by atoms with van der Waals surface area (Å²) in [5.41, 5.74) is 2.06. The topological polar surface area (TPSA) is 84.7 Å². The lowest BCUT2D eigenvalue weighted by molar-refractivity contribution is -0.192. The van der Waals surface area contributed by atoms with Gasteiger partial charge in [-0.15, -0.1) is 0 Å². The molecule has 1 amide bonds. The highest BCUT2D eigenvalue weighted by Crippen LogP contribution is 2.17. The van der Waals surface area contributed by atoms with Crippen molar-refractivity contribution in [3.63, 3.8) is 0 Å². The molecule has 0 spiro atoms. The van der Waals surface area contributed by atoms with Gasteiger partial charge in [0.1, 0.15) is 0 Å². The zero-order chi connectivity index (χ0) is 22.1. The van der Waals surface area contributed by atoms with Crippen LogP contribution in [-0.4, -0.2) is 62.3 Å². The molecule has 11 heteroatoms. The zero-order valence-electron chi connectivity index (χ0n) is 16.2. The van der Waals surface area contributed by atoms with E-state index < -0.39 is 12.1 Å². The maximum atomic E-state index is 12.3. The number of fused-ring (bicyclic) bond motifs is 1. The fourth-order valence-electron chi connectivity index (χ4n) is 2.75. The number of carboxylic acid groups (broad SMARTS) is 1. The first-order chi connectivity index (χ1) is 14.2. The van der Waals surface area contributed by atoms with E-state index >= 15 is 0 Å². The lowest BCUT2D eigenvalue weighted by atomic mass is 10.3. The molecule has 1 aliphatic rings. The lowest BCUT2D eigenvalue weighted by Gasteiger charge is -2.24. The average molecular weight is 445 g/mol. The number of rotatable bonds is 5. The maximum Gasteiger partial charge on any atom is 0.490 e. The minimum Gasteiger partial charge on any atom is -0.475 e. The molecule has 0 fully saturated rings. The summed E-state index contributed by atoms with van der Waals surface area (Å²) < 4.78 is 40.0. The van der Waals surface area contributed by atoms with Gasteiger partial charge in [-0.2, -0.15) is 24.9 Å². The molecule has 2 aromatic heterocycles. The molecule has 30 heavy (non-hydrogen) atoms. The fraction of sp³-hybridized carbons (Fsp3) is 0.421. The standard InChI is InChI=1S/C17H21N3O2S.C2HF3O2/c1-23-13-17(21)20-9-15-6-4-8-19(15)10-16(11-20)22-12-14-5-2-3-7-18-14;3-2(4,5)1(6)7/h2-8,16H,9-13H2,1H3;(H,6,7). The summed E-state index contributed by atoms with van der Waals surface area (Å²) in [6.45, 7) is 2.49. The summed E-state index contributed by atoms with van der Waals surface area (Å²) in [7, 11) is 0. The second-order valence-electron chi connectivity index (χ2n) is 6.42. The van der Waals surface area contributed by atoms with Crippen LogP contribution in [0, 0.1) is 0 Å². The number of carbonyl (C=O) groups excluding carboxylic acids is 1. The van der Waals surface area contributed by atoms with Crippen LogP contribution >= 0.6 is 11.8 Å². The third-order valence-electron chi connectivity index (χ3n) is 4.16. The molecule has 7 nitrogen and oxygen atoms in total. The highest BCUT2D eigenvalue weighted by Gasteiger charge is 2.38. The number of thioether (sulfide) groups is 1. The summed E-state index contributed by atoms with van der Waals surface area (Å²) in [6, 6.07) is 9.89. The quantitative estimate of drug-likeness (QED) is 0.762. The summed E-state index contributed by atoms with van der Waals surface area (Å²) in [5, 5.41) is 7.12. The van der Waals surface area contributed by atoms with Crippen LogP contribution in [0.4, 0.5) is 13.2 Å². The number of hydrogen-bond donors (Lipinski definition) is 1. The molecule has 3 rings (SSSR count). The number of carboxylic acids is 1. The van der Waals surface area contributed by atoms with Gasteiger partial charge in [-0.1, -0.05) is 6.07 Å². The second kappa shape index (κ2) is 11.0. The molecule has 3 heterocycles. The minimum absolute atomic E-state index is 0.0311. The molecule has 1 unspecified atom stereocenters. The van der Waals surface area contributed by atoms with Crippen LogP contribution in [0.5, 0.6) is 0 Å². The van der Waals surface area contributed by atoms with Crippen molar-refractivity contribution >= 4 is 23.6 Å². The van der Waals surface area contributed by atoms with Gasteiger partial charge in [0, 0.05) is 24.6 Å². The normalized spacial score (nSPS) is 16.1.